The van der Waals surface area contributed by atoms with Gasteiger partial charge in [-0.15, -0.1) is 6.58 Å². The van der Waals surface area contributed by atoms with Crippen LogP contribution in [0.15, 0.2) is 43.0 Å². The fourth-order valence-electron chi connectivity index (χ4n) is 2.43. The van der Waals surface area contributed by atoms with Crippen LogP contribution < -0.4 is 0 Å². The van der Waals surface area contributed by atoms with Gasteiger partial charge in [0.05, 0.1) is 12.7 Å². The van der Waals surface area contributed by atoms with Crippen molar-refractivity contribution in [2.24, 2.45) is 11.8 Å². The smallest absolute Gasteiger partial charge is 0.0721 e. The number of hydrogen-bond donors (Lipinski definition) is 0. The fourth-order valence-corrected chi connectivity index (χ4v) is 2.43. The molecule has 1 heteroatoms. The van der Waals surface area contributed by atoms with Gasteiger partial charge in [-0.3, -0.25) is 0 Å². The van der Waals surface area contributed by atoms with Crippen LogP contribution >= 0.6 is 0 Å². The predicted octanol–water partition coefficient (Wildman–Crippen LogP) is 5.22. The van der Waals surface area contributed by atoms with E-state index >= 15 is 0 Å². The molecule has 0 saturated heterocycles. The number of hydrogen-bond acceptors (Lipinski definition) is 1. The summed E-state index contributed by atoms with van der Waals surface area (Å²) in [5.74, 6) is 0.979. The Bertz CT molecular complexity index is 342. The second-order valence-electron chi connectivity index (χ2n) is 5.55. The van der Waals surface area contributed by atoms with Crippen molar-refractivity contribution in [3.63, 3.8) is 0 Å². The largest absolute Gasteiger partial charge is 0.373 e. The van der Waals surface area contributed by atoms with E-state index < -0.39 is 0 Å². The van der Waals surface area contributed by atoms with Crippen molar-refractivity contribution in [2.75, 3.05) is 0 Å². The Balaban J connectivity index is 2.58. The maximum Gasteiger partial charge on any atom is 0.0721 e. The Kier molecular flexibility index (Phi) is 7.50. The zero-order chi connectivity index (χ0) is 14.1. The second kappa shape index (κ2) is 8.92. The lowest BCUT2D eigenvalue weighted by Gasteiger charge is -2.28. The zero-order valence-electron chi connectivity index (χ0n) is 12.6. The van der Waals surface area contributed by atoms with Crippen molar-refractivity contribution >= 4 is 0 Å². The molecule has 1 nitrogen and oxygen atoms in total. The van der Waals surface area contributed by atoms with E-state index in [4.69, 9.17) is 4.74 Å². The van der Waals surface area contributed by atoms with Crippen molar-refractivity contribution in [1.29, 1.82) is 0 Å². The molecule has 0 amide bonds. The molecule has 0 unspecified atom stereocenters. The summed E-state index contributed by atoms with van der Waals surface area (Å²) in [7, 11) is 0. The van der Waals surface area contributed by atoms with Gasteiger partial charge in [-0.2, -0.15) is 0 Å². The molecule has 0 spiro atoms. The van der Waals surface area contributed by atoms with Crippen LogP contribution in [0.1, 0.15) is 45.6 Å². The Morgan fingerprint density at radius 3 is 2.42 bits per heavy atom. The lowest BCUT2D eigenvalue weighted by Crippen LogP contribution is -2.28. The summed E-state index contributed by atoms with van der Waals surface area (Å²) in [6.45, 7) is 11.4. The van der Waals surface area contributed by atoms with Gasteiger partial charge in [0, 0.05) is 5.92 Å². The predicted molar refractivity (Wildman–Crippen MR) is 83.1 cm³/mol. The maximum absolute atomic E-state index is 6.17. The Morgan fingerprint density at radius 2 is 1.89 bits per heavy atom. The average molecular weight is 260 g/mol. The van der Waals surface area contributed by atoms with Crippen molar-refractivity contribution in [2.45, 2.75) is 52.7 Å². The Morgan fingerprint density at radius 1 is 1.21 bits per heavy atom. The Labute approximate surface area is 118 Å². The van der Waals surface area contributed by atoms with E-state index in [-0.39, 0.29) is 6.10 Å². The summed E-state index contributed by atoms with van der Waals surface area (Å²) in [6.07, 6.45) is 6.00. The van der Waals surface area contributed by atoms with Crippen molar-refractivity contribution < 1.29 is 4.74 Å². The lowest BCUT2D eigenvalue weighted by atomic mass is 9.89. The normalized spacial score (nSPS) is 14.3. The van der Waals surface area contributed by atoms with Crippen LogP contribution in [0.25, 0.3) is 0 Å². The van der Waals surface area contributed by atoms with E-state index in [0.717, 1.165) is 0 Å². The molecule has 0 N–H and O–H groups in total. The maximum atomic E-state index is 6.17. The lowest BCUT2D eigenvalue weighted by molar-refractivity contribution is -0.0182. The van der Waals surface area contributed by atoms with Crippen LogP contribution in [0, 0.1) is 11.8 Å². The van der Waals surface area contributed by atoms with Gasteiger partial charge in [0.2, 0.25) is 0 Å². The number of benzene rings is 1. The van der Waals surface area contributed by atoms with Crippen LogP contribution in [0.4, 0.5) is 0 Å². The second-order valence-corrected chi connectivity index (χ2v) is 5.55. The first kappa shape index (κ1) is 16.0. The van der Waals surface area contributed by atoms with Crippen LogP contribution in [0.5, 0.6) is 0 Å². The van der Waals surface area contributed by atoms with Gasteiger partial charge in [-0.1, -0.05) is 70.0 Å². The summed E-state index contributed by atoms with van der Waals surface area (Å²) >= 11 is 0. The first-order valence-corrected chi connectivity index (χ1v) is 7.47. The molecule has 0 saturated carbocycles. The molecule has 0 aliphatic carbocycles. The zero-order valence-corrected chi connectivity index (χ0v) is 12.6. The molecular weight excluding hydrogens is 232 g/mol. The SMILES string of the molecule is C=C[C@@H](CCCC)[C@@H](OCc1ccccc1)C(C)C. The molecule has 0 radical (unpaired) electrons. The third-order valence-electron chi connectivity index (χ3n) is 3.56. The minimum absolute atomic E-state index is 0.268. The number of unbranched alkanes of at least 4 members (excludes halogenated alkanes) is 1. The van der Waals surface area contributed by atoms with E-state index in [2.05, 4.69) is 57.7 Å². The van der Waals surface area contributed by atoms with Gasteiger partial charge in [0.25, 0.3) is 0 Å². The highest BCUT2D eigenvalue weighted by molar-refractivity contribution is 5.13. The summed E-state index contributed by atoms with van der Waals surface area (Å²) in [6, 6.07) is 10.4. The quantitative estimate of drug-likeness (QED) is 0.553. The van der Waals surface area contributed by atoms with Gasteiger partial charge in [0.1, 0.15) is 0 Å². The molecule has 19 heavy (non-hydrogen) atoms. The molecule has 1 aromatic carbocycles. The first-order valence-electron chi connectivity index (χ1n) is 7.47. The highest BCUT2D eigenvalue weighted by Gasteiger charge is 2.22. The average Bonchev–Trinajstić information content (AvgIpc) is 2.43. The van der Waals surface area contributed by atoms with E-state index in [0.29, 0.717) is 18.4 Å². The highest BCUT2D eigenvalue weighted by Crippen LogP contribution is 2.24. The van der Waals surface area contributed by atoms with Crippen molar-refractivity contribution in [3.8, 4) is 0 Å². The van der Waals surface area contributed by atoms with E-state index in [9.17, 15) is 0 Å². The Hall–Kier alpha value is -1.08. The van der Waals surface area contributed by atoms with Gasteiger partial charge in [0.15, 0.2) is 0 Å². The third kappa shape index (κ3) is 5.61. The van der Waals surface area contributed by atoms with Crippen LogP contribution in [-0.4, -0.2) is 6.10 Å². The first-order chi connectivity index (χ1) is 9.19. The number of rotatable bonds is 9. The van der Waals surface area contributed by atoms with Gasteiger partial charge < -0.3 is 4.74 Å². The molecule has 0 aromatic heterocycles. The summed E-state index contributed by atoms with van der Waals surface area (Å²) in [4.78, 5) is 0. The number of ether oxygens (including phenoxy) is 1. The standard InChI is InChI=1S/C18H28O/c1-5-7-13-17(6-2)18(15(3)4)19-14-16-11-9-8-10-12-16/h6,8-12,15,17-18H,2,5,7,13-14H2,1,3-4H3/t17-,18-/m0/s1. The molecule has 1 rings (SSSR count). The van der Waals surface area contributed by atoms with Crippen LogP contribution in [0.3, 0.4) is 0 Å². The molecule has 0 aliphatic heterocycles. The molecule has 1 aromatic rings. The molecular formula is C18H28O. The van der Waals surface area contributed by atoms with Crippen LogP contribution in [-0.2, 0) is 11.3 Å². The molecule has 106 valence electrons. The monoisotopic (exact) mass is 260 g/mol. The summed E-state index contributed by atoms with van der Waals surface area (Å²) in [5.41, 5.74) is 1.24. The van der Waals surface area contributed by atoms with E-state index in [1.807, 2.05) is 6.07 Å². The molecule has 0 bridgehead atoms. The molecule has 0 heterocycles. The summed E-state index contributed by atoms with van der Waals surface area (Å²) in [5, 5.41) is 0. The van der Waals surface area contributed by atoms with Gasteiger partial charge in [-0.25, -0.2) is 0 Å². The third-order valence-corrected chi connectivity index (χ3v) is 3.56. The minimum atomic E-state index is 0.268. The van der Waals surface area contributed by atoms with Crippen LogP contribution in [0.2, 0.25) is 0 Å². The molecule has 2 atom stereocenters. The molecule has 0 aliphatic rings. The van der Waals surface area contributed by atoms with Crippen molar-refractivity contribution in [3.05, 3.63) is 48.6 Å². The highest BCUT2D eigenvalue weighted by atomic mass is 16.5. The molecule has 0 fully saturated rings. The van der Waals surface area contributed by atoms with Gasteiger partial charge >= 0.3 is 0 Å². The van der Waals surface area contributed by atoms with E-state index in [1.54, 1.807) is 0 Å². The van der Waals surface area contributed by atoms with Crippen molar-refractivity contribution in [1.82, 2.24) is 0 Å². The minimum Gasteiger partial charge on any atom is -0.373 e. The van der Waals surface area contributed by atoms with Gasteiger partial charge in [-0.05, 0) is 17.9 Å². The van der Waals surface area contributed by atoms with E-state index in [1.165, 1.54) is 24.8 Å². The fraction of sp³-hybridized carbons (Fsp3) is 0.556. The summed E-state index contributed by atoms with van der Waals surface area (Å²) < 4.78 is 6.17. The topological polar surface area (TPSA) is 9.23 Å².